The van der Waals surface area contributed by atoms with Crippen LogP contribution in [0.25, 0.3) is 10.2 Å². The van der Waals surface area contributed by atoms with Gasteiger partial charge in [0.2, 0.25) is 0 Å². The van der Waals surface area contributed by atoms with Gasteiger partial charge in [-0.15, -0.1) is 11.3 Å². The first-order chi connectivity index (χ1) is 14.0. The van der Waals surface area contributed by atoms with E-state index in [0.29, 0.717) is 21.7 Å². The molecule has 3 aromatic rings. The van der Waals surface area contributed by atoms with Gasteiger partial charge in [-0.25, -0.2) is 9.59 Å². The molecule has 0 atom stereocenters. The lowest BCUT2D eigenvalue weighted by Gasteiger charge is -2.13. The summed E-state index contributed by atoms with van der Waals surface area (Å²) in [5, 5.41) is 0.361. The molecule has 1 saturated heterocycles. The molecule has 4 rings (SSSR count). The Bertz CT molecular complexity index is 1140. The highest BCUT2D eigenvalue weighted by molar-refractivity contribution is 7.20. The number of ether oxygens (including phenoxy) is 1. The number of carbonyl (C=O) groups is 1. The molecule has 0 amide bonds. The molecule has 0 bridgehead atoms. The smallest absolute Gasteiger partial charge is 0.348 e. The fourth-order valence-electron chi connectivity index (χ4n) is 3.63. The Hall–Kier alpha value is -2.71. The van der Waals surface area contributed by atoms with E-state index in [-0.39, 0.29) is 12.1 Å². The molecule has 0 spiro atoms. The number of fused-ring (bicyclic) bond motifs is 1. The van der Waals surface area contributed by atoms with Crippen molar-refractivity contribution >= 4 is 27.5 Å². The molecule has 1 aliphatic heterocycles. The minimum Gasteiger partial charge on any atom is -0.460 e. The van der Waals surface area contributed by atoms with Crippen molar-refractivity contribution in [2.24, 2.45) is 7.05 Å². The van der Waals surface area contributed by atoms with E-state index in [1.807, 2.05) is 30.3 Å². The third kappa shape index (κ3) is 4.04. The fraction of sp³-hybridized carbons (Fsp3) is 0.381. The summed E-state index contributed by atoms with van der Waals surface area (Å²) in [7, 11) is 1.62. The number of likely N-dealkylation sites (tertiary alicyclic amines) is 1. The molecule has 0 aliphatic carbocycles. The summed E-state index contributed by atoms with van der Waals surface area (Å²) in [6.45, 7) is 3.32. The van der Waals surface area contributed by atoms with Gasteiger partial charge in [0.05, 0.1) is 11.9 Å². The van der Waals surface area contributed by atoms with Gasteiger partial charge in [0, 0.05) is 13.6 Å². The summed E-state index contributed by atoms with van der Waals surface area (Å²) in [4.78, 5) is 41.2. The van der Waals surface area contributed by atoms with Crippen LogP contribution >= 0.6 is 11.3 Å². The Balaban J connectivity index is 1.59. The van der Waals surface area contributed by atoms with Crippen molar-refractivity contribution in [2.45, 2.75) is 19.4 Å². The summed E-state index contributed by atoms with van der Waals surface area (Å²) in [5.41, 5.74) is 0.0734. The van der Waals surface area contributed by atoms with Crippen LogP contribution in [0.3, 0.4) is 0 Å². The van der Waals surface area contributed by atoms with Crippen LogP contribution < -0.4 is 11.2 Å². The lowest BCUT2D eigenvalue weighted by Crippen LogP contribution is -2.38. The number of rotatable bonds is 6. The van der Waals surface area contributed by atoms with Crippen LogP contribution in [0, 0.1) is 0 Å². The summed E-state index contributed by atoms with van der Waals surface area (Å²) in [5.74, 6) is -0.452. The van der Waals surface area contributed by atoms with Crippen LogP contribution in [0.5, 0.6) is 0 Å². The van der Waals surface area contributed by atoms with Gasteiger partial charge in [0.15, 0.2) is 0 Å². The highest BCUT2D eigenvalue weighted by Crippen LogP contribution is 2.22. The SMILES string of the molecule is Cn1c(=O)n(Cc2ccccc2)c(=O)c2cc(C(=O)OCCN3CCCC3)sc21. The number of esters is 1. The average molecular weight is 413 g/mol. The number of benzene rings is 1. The molecular formula is C21H23N3O4S. The standard InChI is InChI=1S/C21H23N3O4S/c1-22-19-16(18(25)24(21(22)27)14-15-7-3-2-4-8-15)13-17(29-19)20(26)28-12-11-23-9-5-6-10-23/h2-4,7-8,13H,5-6,9-12,14H2,1H3. The van der Waals surface area contributed by atoms with Crippen molar-refractivity contribution in [1.82, 2.24) is 14.0 Å². The molecule has 0 saturated carbocycles. The highest BCUT2D eigenvalue weighted by atomic mass is 32.1. The van der Waals surface area contributed by atoms with Gasteiger partial charge in [-0.2, -0.15) is 0 Å². The Labute approximate surface area is 171 Å². The first-order valence-electron chi connectivity index (χ1n) is 9.71. The van der Waals surface area contributed by atoms with Crippen LogP contribution in [-0.4, -0.2) is 46.2 Å². The molecule has 1 aromatic carbocycles. The maximum Gasteiger partial charge on any atom is 0.348 e. The highest BCUT2D eigenvalue weighted by Gasteiger charge is 2.19. The molecule has 7 nitrogen and oxygen atoms in total. The summed E-state index contributed by atoms with van der Waals surface area (Å²) in [6.07, 6.45) is 2.38. The van der Waals surface area contributed by atoms with Gasteiger partial charge in [0.25, 0.3) is 5.56 Å². The quantitative estimate of drug-likeness (QED) is 0.579. The molecule has 29 heavy (non-hydrogen) atoms. The number of nitrogens with zero attached hydrogens (tertiary/aromatic N) is 3. The van der Waals surface area contributed by atoms with Crippen molar-refractivity contribution in [3.8, 4) is 0 Å². The minimum absolute atomic E-state index is 0.188. The maximum absolute atomic E-state index is 12.9. The van der Waals surface area contributed by atoms with Crippen molar-refractivity contribution in [2.75, 3.05) is 26.2 Å². The second-order valence-electron chi connectivity index (χ2n) is 7.23. The molecule has 2 aromatic heterocycles. The Kier molecular flexibility index (Phi) is 5.64. The van der Waals surface area contributed by atoms with Crippen molar-refractivity contribution < 1.29 is 9.53 Å². The van der Waals surface area contributed by atoms with Crippen LogP contribution in [-0.2, 0) is 18.3 Å². The second kappa shape index (κ2) is 8.34. The summed E-state index contributed by atoms with van der Waals surface area (Å²) in [6, 6.07) is 10.9. The summed E-state index contributed by atoms with van der Waals surface area (Å²) >= 11 is 1.12. The number of hydrogen-bond donors (Lipinski definition) is 0. The predicted molar refractivity (Wildman–Crippen MR) is 113 cm³/mol. The van der Waals surface area contributed by atoms with Gasteiger partial charge in [-0.1, -0.05) is 30.3 Å². The monoisotopic (exact) mass is 413 g/mol. The number of aryl methyl sites for hydroxylation is 1. The van der Waals surface area contributed by atoms with E-state index in [4.69, 9.17) is 4.74 Å². The molecular weight excluding hydrogens is 390 g/mol. The molecule has 3 heterocycles. The van der Waals surface area contributed by atoms with Crippen LogP contribution in [0.15, 0.2) is 46.0 Å². The van der Waals surface area contributed by atoms with E-state index in [2.05, 4.69) is 4.90 Å². The van der Waals surface area contributed by atoms with Crippen molar-refractivity contribution in [3.05, 3.63) is 67.7 Å². The Morgan fingerprint density at radius 2 is 1.86 bits per heavy atom. The molecule has 1 aliphatic rings. The van der Waals surface area contributed by atoms with Crippen LogP contribution in [0.2, 0.25) is 0 Å². The molecule has 0 unspecified atom stereocenters. The van der Waals surface area contributed by atoms with E-state index < -0.39 is 11.7 Å². The van der Waals surface area contributed by atoms with Crippen molar-refractivity contribution in [1.29, 1.82) is 0 Å². The Morgan fingerprint density at radius 1 is 1.14 bits per heavy atom. The Morgan fingerprint density at radius 3 is 2.59 bits per heavy atom. The minimum atomic E-state index is -0.452. The first-order valence-corrected chi connectivity index (χ1v) is 10.5. The van der Waals surface area contributed by atoms with Gasteiger partial charge >= 0.3 is 11.7 Å². The third-order valence-electron chi connectivity index (χ3n) is 5.23. The maximum atomic E-state index is 12.9. The van der Waals surface area contributed by atoms with E-state index in [9.17, 15) is 14.4 Å². The zero-order valence-corrected chi connectivity index (χ0v) is 17.1. The normalized spacial score (nSPS) is 14.5. The number of carbonyl (C=O) groups excluding carboxylic acids is 1. The average Bonchev–Trinajstić information content (AvgIpc) is 3.40. The molecule has 1 fully saturated rings. The van der Waals surface area contributed by atoms with E-state index >= 15 is 0 Å². The topological polar surface area (TPSA) is 73.5 Å². The molecule has 152 valence electrons. The zero-order valence-electron chi connectivity index (χ0n) is 16.3. The largest absolute Gasteiger partial charge is 0.460 e. The van der Waals surface area contributed by atoms with E-state index in [1.54, 1.807) is 13.1 Å². The molecule has 0 radical (unpaired) electrons. The number of aromatic nitrogens is 2. The van der Waals surface area contributed by atoms with Gasteiger partial charge in [-0.3, -0.25) is 18.8 Å². The zero-order chi connectivity index (χ0) is 20.4. The predicted octanol–water partition coefficient (Wildman–Crippen LogP) is 2.06. The lowest BCUT2D eigenvalue weighted by atomic mass is 10.2. The van der Waals surface area contributed by atoms with Gasteiger partial charge < -0.3 is 4.74 Å². The van der Waals surface area contributed by atoms with Crippen molar-refractivity contribution in [3.63, 3.8) is 0 Å². The van der Waals surface area contributed by atoms with E-state index in [0.717, 1.165) is 36.5 Å². The first kappa shape index (κ1) is 19.6. The third-order valence-corrected chi connectivity index (χ3v) is 6.43. The van der Waals surface area contributed by atoms with Gasteiger partial charge in [-0.05, 0) is 37.6 Å². The fourth-order valence-corrected chi connectivity index (χ4v) is 4.63. The van der Waals surface area contributed by atoms with Gasteiger partial charge in [0.1, 0.15) is 16.3 Å². The second-order valence-corrected chi connectivity index (χ2v) is 8.26. The van der Waals surface area contributed by atoms with Crippen LogP contribution in [0.1, 0.15) is 28.1 Å². The number of hydrogen-bond acceptors (Lipinski definition) is 6. The van der Waals surface area contributed by atoms with Crippen LogP contribution in [0.4, 0.5) is 0 Å². The molecule has 8 heteroatoms. The lowest BCUT2D eigenvalue weighted by molar-refractivity contribution is 0.0478. The summed E-state index contributed by atoms with van der Waals surface area (Å²) < 4.78 is 8.01. The van der Waals surface area contributed by atoms with E-state index in [1.165, 1.54) is 22.0 Å². The molecule has 0 N–H and O–H groups in total. The number of thiophene rings is 1.